The van der Waals surface area contributed by atoms with Crippen LogP contribution in [0.5, 0.6) is 0 Å². The number of carbonyl (C=O) groups excluding carboxylic acids is 2. The Morgan fingerprint density at radius 3 is 2.35 bits per heavy atom. The van der Waals surface area contributed by atoms with Gasteiger partial charge in [0.25, 0.3) is 0 Å². The third-order valence-corrected chi connectivity index (χ3v) is 4.53. The first-order valence-corrected chi connectivity index (χ1v) is 8.59. The van der Waals surface area contributed by atoms with Crippen LogP contribution in [0.2, 0.25) is 0 Å². The van der Waals surface area contributed by atoms with Gasteiger partial charge < -0.3 is 15.2 Å². The van der Waals surface area contributed by atoms with Gasteiger partial charge in [0.1, 0.15) is 11.4 Å². The second-order valence-corrected chi connectivity index (χ2v) is 7.66. The molecule has 1 amide bonds. The number of Topliss-reactive ketones (excluding diaryl/α,β-unsaturated/α-hetero) is 1. The second-order valence-electron chi connectivity index (χ2n) is 7.66. The quantitative estimate of drug-likeness (QED) is 0.469. The van der Waals surface area contributed by atoms with E-state index in [0.717, 1.165) is 11.8 Å². The molecule has 0 N–H and O–H groups in total. The Bertz CT molecular complexity index is 711. The van der Waals surface area contributed by atoms with Gasteiger partial charge in [-0.1, -0.05) is 12.1 Å². The minimum Gasteiger partial charge on any atom is -0.444 e. The minimum atomic E-state index is -0.789. The smallest absolute Gasteiger partial charge is 0.410 e. The monoisotopic (exact) mass is 361 g/mol. The fraction of sp³-hybridized carbons (Fsp3) is 0.526. The van der Waals surface area contributed by atoms with Crippen LogP contribution in [0.15, 0.2) is 24.3 Å². The molecule has 0 unspecified atom stereocenters. The summed E-state index contributed by atoms with van der Waals surface area (Å²) in [4.78, 5) is 29.3. The highest BCUT2D eigenvalue weighted by Gasteiger charge is 2.43. The van der Waals surface area contributed by atoms with Gasteiger partial charge in [0.15, 0.2) is 0 Å². The maximum Gasteiger partial charge on any atom is 0.410 e. The number of ether oxygens (including phenoxy) is 1. The van der Waals surface area contributed by atoms with Crippen LogP contribution in [-0.2, 0) is 16.0 Å². The normalized spacial score (nSPS) is 16.5. The summed E-state index contributed by atoms with van der Waals surface area (Å²) in [7, 11) is 0. The summed E-state index contributed by atoms with van der Waals surface area (Å²) in [6, 6.07) is 5.98. The summed E-state index contributed by atoms with van der Waals surface area (Å²) in [6.45, 7) is 6.13. The number of hydrogen-bond acceptors (Lipinski definition) is 3. The molecule has 6 nitrogen and oxygen atoms in total. The Morgan fingerprint density at radius 1 is 1.27 bits per heavy atom. The Hall–Kier alpha value is -2.53. The molecule has 1 aliphatic heterocycles. The van der Waals surface area contributed by atoms with Crippen molar-refractivity contribution in [2.75, 3.05) is 13.1 Å². The third kappa shape index (κ3) is 4.99. The lowest BCUT2D eigenvalue weighted by Crippen LogP contribution is -2.49. The van der Waals surface area contributed by atoms with Crippen molar-refractivity contribution in [2.24, 2.45) is 5.41 Å². The first kappa shape index (κ1) is 19.8. The van der Waals surface area contributed by atoms with Crippen LogP contribution in [0.25, 0.3) is 5.53 Å². The Kier molecular flexibility index (Phi) is 5.93. The fourth-order valence-electron chi connectivity index (χ4n) is 3.14. The number of piperidine rings is 1. The van der Waals surface area contributed by atoms with Gasteiger partial charge >= 0.3 is 12.3 Å². The van der Waals surface area contributed by atoms with Crippen LogP contribution in [0.1, 0.15) is 39.2 Å². The first-order chi connectivity index (χ1) is 12.1. The molecule has 0 saturated carbocycles. The van der Waals surface area contributed by atoms with Crippen LogP contribution in [-0.4, -0.2) is 46.5 Å². The van der Waals surface area contributed by atoms with E-state index in [1.54, 1.807) is 37.8 Å². The minimum absolute atomic E-state index is 0.298. The van der Waals surface area contributed by atoms with E-state index in [1.807, 2.05) is 0 Å². The summed E-state index contributed by atoms with van der Waals surface area (Å²) >= 11 is 0. The molecule has 1 aliphatic rings. The molecular weight excluding hydrogens is 337 g/mol. The van der Waals surface area contributed by atoms with Crippen LogP contribution < -0.4 is 0 Å². The summed E-state index contributed by atoms with van der Waals surface area (Å²) in [5.41, 5.74) is 8.21. The third-order valence-electron chi connectivity index (χ3n) is 4.53. The van der Waals surface area contributed by atoms with E-state index in [0.29, 0.717) is 32.4 Å². The molecule has 0 aliphatic carbocycles. The number of rotatable bonds is 4. The van der Waals surface area contributed by atoms with Crippen molar-refractivity contribution in [3.05, 3.63) is 41.2 Å². The molecule has 0 spiro atoms. The average Bonchev–Trinajstić information content (AvgIpc) is 2.56. The molecule has 26 heavy (non-hydrogen) atoms. The Balaban J connectivity index is 2.15. The zero-order chi connectivity index (χ0) is 19.4. The van der Waals surface area contributed by atoms with Crippen molar-refractivity contribution in [3.63, 3.8) is 0 Å². The summed E-state index contributed by atoms with van der Waals surface area (Å²) < 4.78 is 18.5. The van der Waals surface area contributed by atoms with Gasteiger partial charge in [-0.2, -0.15) is 4.79 Å². The number of likely N-dealkylation sites (tertiary alicyclic amines) is 1. The Labute approximate surface area is 152 Å². The van der Waals surface area contributed by atoms with Gasteiger partial charge in [-0.3, -0.25) is 4.79 Å². The van der Waals surface area contributed by atoms with Gasteiger partial charge in [0.2, 0.25) is 5.78 Å². The maximum atomic E-state index is 13.1. The van der Waals surface area contributed by atoms with Crippen molar-refractivity contribution < 1.29 is 23.5 Å². The van der Waals surface area contributed by atoms with Crippen LogP contribution in [0.4, 0.5) is 9.18 Å². The average molecular weight is 361 g/mol. The molecule has 1 aromatic rings. The molecule has 1 aromatic carbocycles. The molecule has 1 saturated heterocycles. The maximum absolute atomic E-state index is 13.1. The molecule has 7 heteroatoms. The van der Waals surface area contributed by atoms with E-state index in [1.165, 1.54) is 12.1 Å². The highest BCUT2D eigenvalue weighted by Crippen LogP contribution is 2.36. The molecule has 140 valence electrons. The van der Waals surface area contributed by atoms with Crippen molar-refractivity contribution in [1.29, 1.82) is 0 Å². The van der Waals surface area contributed by atoms with E-state index in [2.05, 4.69) is 4.79 Å². The van der Waals surface area contributed by atoms with Crippen LogP contribution >= 0.6 is 0 Å². The van der Waals surface area contributed by atoms with Gasteiger partial charge in [-0.15, -0.1) is 0 Å². The number of hydrogen-bond donors (Lipinski definition) is 0. The molecule has 1 fully saturated rings. The second kappa shape index (κ2) is 7.79. The number of ketones is 1. The molecule has 0 bridgehead atoms. The summed E-state index contributed by atoms with van der Waals surface area (Å²) in [5, 5.41) is 0. The highest BCUT2D eigenvalue weighted by molar-refractivity contribution is 6.27. The molecule has 0 atom stereocenters. The van der Waals surface area contributed by atoms with E-state index >= 15 is 0 Å². The van der Waals surface area contributed by atoms with Crippen molar-refractivity contribution in [2.45, 2.75) is 45.6 Å². The van der Waals surface area contributed by atoms with Gasteiger partial charge in [0.05, 0.1) is 0 Å². The van der Waals surface area contributed by atoms with Crippen molar-refractivity contribution in [1.82, 2.24) is 4.90 Å². The molecule has 2 rings (SSSR count). The summed E-state index contributed by atoms with van der Waals surface area (Å²) in [5.74, 6) is -0.640. The van der Waals surface area contributed by atoms with E-state index < -0.39 is 17.1 Å². The van der Waals surface area contributed by atoms with E-state index in [4.69, 9.17) is 10.3 Å². The fourth-order valence-corrected chi connectivity index (χ4v) is 3.14. The zero-order valence-corrected chi connectivity index (χ0v) is 15.4. The molecule has 0 radical (unpaired) electrons. The van der Waals surface area contributed by atoms with E-state index in [9.17, 15) is 14.0 Å². The largest absolute Gasteiger partial charge is 0.444 e. The number of amides is 1. The topological polar surface area (TPSA) is 83.0 Å². The lowest BCUT2D eigenvalue weighted by Gasteiger charge is -2.39. The molecule has 0 aromatic heterocycles. The number of halogens is 1. The van der Waals surface area contributed by atoms with Gasteiger partial charge in [0, 0.05) is 18.5 Å². The number of nitrogens with zero attached hydrogens (tertiary/aromatic N) is 3. The number of carbonyl (C=O) groups is 2. The number of benzene rings is 1. The van der Waals surface area contributed by atoms with Crippen LogP contribution in [0.3, 0.4) is 0 Å². The molecule has 1 heterocycles. The lowest BCUT2D eigenvalue weighted by atomic mass is 9.71. The lowest BCUT2D eigenvalue weighted by molar-refractivity contribution is -0.127. The predicted molar refractivity (Wildman–Crippen MR) is 94.3 cm³/mol. The zero-order valence-electron chi connectivity index (χ0n) is 15.4. The van der Waals surface area contributed by atoms with Gasteiger partial charge in [-0.05, 0) is 57.7 Å². The molecular formula is C19H24FN3O3. The SMILES string of the molecule is CC(C)(C)OC(=O)N1CCC(Cc2ccc(F)cc2)(C(=O)C=[N+]=[N-])CC1. The van der Waals surface area contributed by atoms with Gasteiger partial charge in [-0.25, -0.2) is 9.18 Å². The summed E-state index contributed by atoms with van der Waals surface area (Å²) in [6.07, 6.45) is 1.71. The Morgan fingerprint density at radius 2 is 1.85 bits per heavy atom. The predicted octanol–water partition coefficient (Wildman–Crippen LogP) is 3.26. The van der Waals surface area contributed by atoms with Crippen molar-refractivity contribution in [3.8, 4) is 0 Å². The van der Waals surface area contributed by atoms with E-state index in [-0.39, 0.29) is 11.6 Å². The first-order valence-electron chi connectivity index (χ1n) is 8.59. The van der Waals surface area contributed by atoms with Crippen LogP contribution in [0, 0.1) is 11.2 Å². The highest BCUT2D eigenvalue weighted by atomic mass is 19.1. The standard InChI is InChI=1S/C19H24FN3O3/c1-18(2,3)26-17(25)23-10-8-19(9-11-23,16(24)13-22-21)12-14-4-6-15(20)7-5-14/h4-7,13H,8-12H2,1-3H3. The van der Waals surface area contributed by atoms with Crippen molar-refractivity contribution >= 4 is 18.1 Å².